The summed E-state index contributed by atoms with van der Waals surface area (Å²) in [5, 5.41) is 4.83. The maximum atomic E-state index is 13.1. The number of hydrogen-bond donors (Lipinski definition) is 0. The third kappa shape index (κ3) is 3.49. The van der Waals surface area contributed by atoms with Gasteiger partial charge < -0.3 is 14.4 Å². The van der Waals surface area contributed by atoms with Crippen LogP contribution in [-0.2, 0) is 24.8 Å². The number of fused-ring (bicyclic) bond motifs is 1. The lowest BCUT2D eigenvalue weighted by Crippen LogP contribution is -2.37. The zero-order valence-electron chi connectivity index (χ0n) is 15.2. The Hall–Kier alpha value is -2.25. The fourth-order valence-electron chi connectivity index (χ4n) is 3.22. The van der Waals surface area contributed by atoms with Crippen molar-refractivity contribution in [2.45, 2.75) is 19.9 Å². The van der Waals surface area contributed by atoms with Gasteiger partial charge in [0.05, 0.1) is 30.3 Å². The van der Waals surface area contributed by atoms with Crippen molar-refractivity contribution in [2.24, 2.45) is 7.05 Å². The molecule has 7 nitrogen and oxygen atoms in total. The molecule has 144 valence electrons. The maximum absolute atomic E-state index is 13.1. The first-order chi connectivity index (χ1) is 12.9. The van der Waals surface area contributed by atoms with E-state index in [4.69, 9.17) is 32.7 Å². The van der Waals surface area contributed by atoms with E-state index >= 15 is 0 Å². The Bertz CT molecular complexity index is 910. The largest absolute Gasteiger partial charge is 0.494 e. The molecule has 0 aliphatic carbocycles. The minimum absolute atomic E-state index is 0.205. The summed E-state index contributed by atoms with van der Waals surface area (Å²) in [5.41, 5.74) is 2.03. The summed E-state index contributed by atoms with van der Waals surface area (Å²) in [4.78, 5) is 27.0. The molecule has 2 heterocycles. The quantitative estimate of drug-likeness (QED) is 0.722. The number of esters is 1. The molecule has 0 bridgehead atoms. The highest BCUT2D eigenvalue weighted by atomic mass is 35.5. The number of rotatable bonds is 4. The Balaban J connectivity index is 1.96. The lowest BCUT2D eigenvalue weighted by molar-refractivity contribution is 0.0513. The predicted molar refractivity (Wildman–Crippen MR) is 101 cm³/mol. The van der Waals surface area contributed by atoms with Crippen molar-refractivity contribution in [3.8, 4) is 5.75 Å². The third-order valence-corrected chi connectivity index (χ3v) is 5.09. The van der Waals surface area contributed by atoms with E-state index in [0.29, 0.717) is 23.6 Å². The summed E-state index contributed by atoms with van der Waals surface area (Å²) in [7, 11) is 3.21. The first-order valence-corrected chi connectivity index (χ1v) is 9.17. The Labute approximate surface area is 166 Å². The molecule has 0 spiro atoms. The lowest BCUT2D eigenvalue weighted by atomic mass is 10.0. The molecule has 27 heavy (non-hydrogen) atoms. The van der Waals surface area contributed by atoms with Crippen LogP contribution in [0.2, 0.25) is 10.0 Å². The van der Waals surface area contributed by atoms with E-state index in [1.807, 2.05) is 0 Å². The second-order valence-electron chi connectivity index (χ2n) is 6.03. The highest BCUT2D eigenvalue weighted by molar-refractivity contribution is 6.37. The van der Waals surface area contributed by atoms with E-state index in [1.165, 1.54) is 7.11 Å². The monoisotopic (exact) mass is 411 g/mol. The molecule has 1 aliphatic heterocycles. The number of aryl methyl sites for hydroxylation is 1. The van der Waals surface area contributed by atoms with Crippen LogP contribution < -0.4 is 4.74 Å². The standard InChI is InChI=1S/C18H19Cl2N3O4/c1-4-27-18(25)15-10-9-23(8-7-13(10)22(2)21-15)17(24)14-11(19)5-6-12(20)16(14)26-3/h5-6H,4,7-9H2,1-3H3. The zero-order valence-corrected chi connectivity index (χ0v) is 16.7. The van der Waals surface area contributed by atoms with Crippen LogP contribution >= 0.6 is 23.2 Å². The SMILES string of the molecule is CCOC(=O)c1nn(C)c2c1CN(C(=O)c1c(Cl)ccc(Cl)c1OC)CC2. The predicted octanol–water partition coefficient (Wildman–Crippen LogP) is 3.11. The minimum Gasteiger partial charge on any atom is -0.494 e. The van der Waals surface area contributed by atoms with E-state index in [-0.39, 0.29) is 41.1 Å². The molecule has 9 heteroatoms. The summed E-state index contributed by atoms with van der Waals surface area (Å²) in [5.74, 6) is -0.581. The molecule has 2 aromatic rings. The average Bonchev–Trinajstić information content (AvgIpc) is 2.99. The second kappa shape index (κ2) is 7.78. The first kappa shape index (κ1) is 19.5. The summed E-state index contributed by atoms with van der Waals surface area (Å²) in [6.45, 7) is 2.67. The highest BCUT2D eigenvalue weighted by Gasteiger charge is 2.32. The topological polar surface area (TPSA) is 73.7 Å². The van der Waals surface area contributed by atoms with E-state index in [0.717, 1.165) is 5.69 Å². The fraction of sp³-hybridized carbons (Fsp3) is 0.389. The Morgan fingerprint density at radius 2 is 1.96 bits per heavy atom. The van der Waals surface area contributed by atoms with Gasteiger partial charge in [-0.3, -0.25) is 9.48 Å². The zero-order chi connectivity index (χ0) is 19.7. The van der Waals surface area contributed by atoms with Gasteiger partial charge in [-0.05, 0) is 19.1 Å². The van der Waals surface area contributed by atoms with Crippen LogP contribution in [0, 0.1) is 0 Å². The number of aromatic nitrogens is 2. The van der Waals surface area contributed by atoms with E-state index in [2.05, 4.69) is 5.10 Å². The van der Waals surface area contributed by atoms with Crippen molar-refractivity contribution >= 4 is 35.1 Å². The molecule has 0 atom stereocenters. The number of carbonyl (C=O) groups is 2. The molecule has 0 unspecified atom stereocenters. The normalized spacial score (nSPS) is 13.3. The molecular weight excluding hydrogens is 393 g/mol. The molecule has 1 aromatic carbocycles. The van der Waals surface area contributed by atoms with Gasteiger partial charge in [0.15, 0.2) is 11.4 Å². The van der Waals surface area contributed by atoms with Gasteiger partial charge in [0.1, 0.15) is 5.56 Å². The summed E-state index contributed by atoms with van der Waals surface area (Å²) >= 11 is 12.4. The van der Waals surface area contributed by atoms with Gasteiger partial charge in [0.25, 0.3) is 5.91 Å². The first-order valence-electron chi connectivity index (χ1n) is 8.42. The average molecular weight is 412 g/mol. The minimum atomic E-state index is -0.498. The fourth-order valence-corrected chi connectivity index (χ4v) is 3.68. The van der Waals surface area contributed by atoms with Gasteiger partial charge in [-0.15, -0.1) is 0 Å². The van der Waals surface area contributed by atoms with Crippen molar-refractivity contribution in [3.63, 3.8) is 0 Å². The molecule has 0 radical (unpaired) electrons. The number of nitrogens with zero attached hydrogens (tertiary/aromatic N) is 3. The Kier molecular flexibility index (Phi) is 5.62. The van der Waals surface area contributed by atoms with Crippen molar-refractivity contribution < 1.29 is 19.1 Å². The maximum Gasteiger partial charge on any atom is 0.359 e. The van der Waals surface area contributed by atoms with Crippen molar-refractivity contribution in [3.05, 3.63) is 44.7 Å². The van der Waals surface area contributed by atoms with E-state index in [1.54, 1.807) is 35.7 Å². The highest BCUT2D eigenvalue weighted by Crippen LogP contribution is 2.35. The van der Waals surface area contributed by atoms with E-state index < -0.39 is 5.97 Å². The summed E-state index contributed by atoms with van der Waals surface area (Å²) in [6.07, 6.45) is 0.560. The number of amides is 1. The molecule has 0 saturated heterocycles. The number of ether oxygens (including phenoxy) is 2. The number of halogens is 2. The van der Waals surface area contributed by atoms with Crippen LogP contribution in [0.5, 0.6) is 5.75 Å². The van der Waals surface area contributed by atoms with Gasteiger partial charge in [0, 0.05) is 31.3 Å². The Morgan fingerprint density at radius 1 is 1.26 bits per heavy atom. The van der Waals surface area contributed by atoms with Crippen LogP contribution in [-0.4, -0.2) is 46.8 Å². The van der Waals surface area contributed by atoms with Gasteiger partial charge in [-0.25, -0.2) is 4.79 Å². The van der Waals surface area contributed by atoms with Crippen LogP contribution in [0.1, 0.15) is 39.0 Å². The van der Waals surface area contributed by atoms with Gasteiger partial charge in [0.2, 0.25) is 0 Å². The van der Waals surface area contributed by atoms with Crippen LogP contribution in [0.3, 0.4) is 0 Å². The molecule has 0 N–H and O–H groups in total. The Morgan fingerprint density at radius 3 is 2.63 bits per heavy atom. The summed E-state index contributed by atoms with van der Waals surface area (Å²) < 4.78 is 12.0. The van der Waals surface area contributed by atoms with Crippen molar-refractivity contribution in [1.29, 1.82) is 0 Å². The molecule has 1 aromatic heterocycles. The molecule has 0 fully saturated rings. The van der Waals surface area contributed by atoms with Gasteiger partial charge in [-0.1, -0.05) is 23.2 Å². The molecule has 3 rings (SSSR count). The van der Waals surface area contributed by atoms with Crippen LogP contribution in [0.25, 0.3) is 0 Å². The van der Waals surface area contributed by atoms with Crippen LogP contribution in [0.15, 0.2) is 12.1 Å². The van der Waals surface area contributed by atoms with Crippen LogP contribution in [0.4, 0.5) is 0 Å². The molecular formula is C18H19Cl2N3O4. The van der Waals surface area contributed by atoms with Crippen molar-refractivity contribution in [1.82, 2.24) is 14.7 Å². The molecule has 1 amide bonds. The molecule has 1 aliphatic rings. The van der Waals surface area contributed by atoms with Gasteiger partial charge in [-0.2, -0.15) is 5.10 Å². The smallest absolute Gasteiger partial charge is 0.359 e. The van der Waals surface area contributed by atoms with Crippen molar-refractivity contribution in [2.75, 3.05) is 20.3 Å². The third-order valence-electron chi connectivity index (χ3n) is 4.48. The number of carbonyl (C=O) groups excluding carboxylic acids is 2. The van der Waals surface area contributed by atoms with Gasteiger partial charge >= 0.3 is 5.97 Å². The number of methoxy groups -OCH3 is 1. The lowest BCUT2D eigenvalue weighted by Gasteiger charge is -2.28. The second-order valence-corrected chi connectivity index (χ2v) is 6.85. The summed E-state index contributed by atoms with van der Waals surface area (Å²) in [6, 6.07) is 3.14. The number of hydrogen-bond acceptors (Lipinski definition) is 5. The van der Waals surface area contributed by atoms with E-state index in [9.17, 15) is 9.59 Å². The number of benzene rings is 1. The molecule has 0 saturated carbocycles.